The fourth-order valence-electron chi connectivity index (χ4n) is 5.08. The standard InChI is InChI=1S/C29H57NO3S/c1-4-6-8-10-12-14-16-18-20-26(31)24-30-25-27(33-29(32)28(30)22-23-34-3)21-19-17-15-13-11-9-7-5-2/h26-28,31H,4-25H2,1-3H3. The molecular weight excluding hydrogens is 442 g/mol. The fourth-order valence-corrected chi connectivity index (χ4v) is 5.54. The van der Waals surface area contributed by atoms with E-state index in [1.54, 1.807) is 11.8 Å². The van der Waals surface area contributed by atoms with Crippen LogP contribution < -0.4 is 0 Å². The quantitative estimate of drug-likeness (QED) is 0.115. The minimum atomic E-state index is -0.341. The molecule has 0 aromatic carbocycles. The topological polar surface area (TPSA) is 49.8 Å². The molecule has 1 aliphatic rings. The number of morpholine rings is 1. The van der Waals surface area contributed by atoms with Gasteiger partial charge in [-0.25, -0.2) is 0 Å². The Hall–Kier alpha value is -0.260. The van der Waals surface area contributed by atoms with Gasteiger partial charge in [-0.05, 0) is 37.7 Å². The molecule has 0 bridgehead atoms. The predicted molar refractivity (Wildman–Crippen MR) is 149 cm³/mol. The smallest absolute Gasteiger partial charge is 0.323 e. The molecule has 1 saturated heterocycles. The summed E-state index contributed by atoms with van der Waals surface area (Å²) in [7, 11) is 0. The number of ether oxygens (including phenoxy) is 1. The van der Waals surface area contributed by atoms with Crippen molar-refractivity contribution in [1.29, 1.82) is 0 Å². The summed E-state index contributed by atoms with van der Waals surface area (Å²) in [5.41, 5.74) is 0. The number of aliphatic hydroxyl groups is 1. The van der Waals surface area contributed by atoms with E-state index in [9.17, 15) is 9.90 Å². The number of cyclic esters (lactones) is 1. The summed E-state index contributed by atoms with van der Waals surface area (Å²) >= 11 is 1.77. The van der Waals surface area contributed by atoms with Crippen LogP contribution >= 0.6 is 11.8 Å². The summed E-state index contributed by atoms with van der Waals surface area (Å²) in [5.74, 6) is 0.886. The summed E-state index contributed by atoms with van der Waals surface area (Å²) in [4.78, 5) is 15.0. The highest BCUT2D eigenvalue weighted by Gasteiger charge is 2.36. The average molecular weight is 500 g/mol. The molecule has 1 rings (SSSR count). The van der Waals surface area contributed by atoms with Crippen LogP contribution in [0.3, 0.4) is 0 Å². The SMILES string of the molecule is CCCCCCCCCCC(O)CN1CC(CCCCCCCCCC)OC(=O)C1CCSC. The zero-order valence-electron chi connectivity index (χ0n) is 22.9. The number of aliphatic hydroxyl groups excluding tert-OH is 1. The van der Waals surface area contributed by atoms with Crippen molar-refractivity contribution in [2.75, 3.05) is 25.1 Å². The van der Waals surface area contributed by atoms with Gasteiger partial charge in [-0.2, -0.15) is 11.8 Å². The van der Waals surface area contributed by atoms with Gasteiger partial charge in [0.05, 0.1) is 6.10 Å². The minimum Gasteiger partial charge on any atom is -0.460 e. The number of nitrogens with zero attached hydrogens (tertiary/aromatic N) is 1. The van der Waals surface area contributed by atoms with E-state index in [2.05, 4.69) is 25.0 Å². The third-order valence-electron chi connectivity index (χ3n) is 7.25. The van der Waals surface area contributed by atoms with Crippen LogP contribution in [0.5, 0.6) is 0 Å². The molecule has 0 saturated carbocycles. The van der Waals surface area contributed by atoms with E-state index in [0.29, 0.717) is 6.54 Å². The van der Waals surface area contributed by atoms with Crippen molar-refractivity contribution in [2.24, 2.45) is 0 Å². The molecule has 0 aromatic heterocycles. The second-order valence-electron chi connectivity index (χ2n) is 10.5. The van der Waals surface area contributed by atoms with E-state index in [1.165, 1.54) is 89.9 Å². The highest BCUT2D eigenvalue weighted by molar-refractivity contribution is 7.98. The van der Waals surface area contributed by atoms with Gasteiger partial charge >= 0.3 is 5.97 Å². The Morgan fingerprint density at radius 3 is 1.94 bits per heavy atom. The van der Waals surface area contributed by atoms with Crippen molar-refractivity contribution in [2.45, 2.75) is 154 Å². The first-order chi connectivity index (χ1) is 16.6. The van der Waals surface area contributed by atoms with Gasteiger partial charge in [0.15, 0.2) is 0 Å². The molecule has 4 nitrogen and oxygen atoms in total. The van der Waals surface area contributed by atoms with E-state index in [1.807, 2.05) is 0 Å². The molecule has 0 aliphatic carbocycles. The minimum absolute atomic E-state index is 0.00607. The van der Waals surface area contributed by atoms with Crippen molar-refractivity contribution in [1.82, 2.24) is 4.90 Å². The first-order valence-corrected chi connectivity index (χ1v) is 16.1. The molecule has 1 aliphatic heterocycles. The van der Waals surface area contributed by atoms with E-state index in [4.69, 9.17) is 4.74 Å². The highest BCUT2D eigenvalue weighted by Crippen LogP contribution is 2.23. The highest BCUT2D eigenvalue weighted by atomic mass is 32.2. The number of hydrogen-bond acceptors (Lipinski definition) is 5. The molecule has 0 aromatic rings. The zero-order chi connectivity index (χ0) is 24.9. The lowest BCUT2D eigenvalue weighted by molar-refractivity contribution is -0.168. The van der Waals surface area contributed by atoms with Crippen molar-refractivity contribution in [3.05, 3.63) is 0 Å². The van der Waals surface area contributed by atoms with Gasteiger partial charge in [-0.3, -0.25) is 9.69 Å². The summed E-state index contributed by atoms with van der Waals surface area (Å²) in [5, 5.41) is 10.7. The zero-order valence-corrected chi connectivity index (χ0v) is 23.7. The van der Waals surface area contributed by atoms with E-state index in [0.717, 1.165) is 44.4 Å². The molecular formula is C29H57NO3S. The number of thioether (sulfide) groups is 1. The molecule has 1 N–H and O–H groups in total. The number of unbranched alkanes of at least 4 members (excludes halogenated alkanes) is 14. The van der Waals surface area contributed by atoms with Gasteiger partial charge in [0.1, 0.15) is 12.1 Å². The first kappa shape index (κ1) is 31.8. The van der Waals surface area contributed by atoms with Crippen molar-refractivity contribution >= 4 is 17.7 Å². The first-order valence-electron chi connectivity index (χ1n) is 14.7. The number of esters is 1. The van der Waals surface area contributed by atoms with Gasteiger partial charge in [0.2, 0.25) is 0 Å². The van der Waals surface area contributed by atoms with Crippen LogP contribution in [0.15, 0.2) is 0 Å². The third kappa shape index (κ3) is 15.7. The number of carbonyl (C=O) groups is 1. The number of β-amino-alcohol motifs (C(OH)–C–C–N with tert-alkyl or cyclic N) is 1. The molecule has 0 amide bonds. The molecule has 3 atom stereocenters. The Labute approximate surface area is 216 Å². The summed E-state index contributed by atoms with van der Waals surface area (Å²) < 4.78 is 5.85. The number of rotatable bonds is 23. The lowest BCUT2D eigenvalue weighted by Crippen LogP contribution is -2.54. The Morgan fingerprint density at radius 2 is 1.38 bits per heavy atom. The Balaban J connectivity index is 2.34. The van der Waals surface area contributed by atoms with Crippen LogP contribution in [0.4, 0.5) is 0 Å². The summed E-state index contributed by atoms with van der Waals surface area (Å²) in [6, 6.07) is -0.185. The molecule has 34 heavy (non-hydrogen) atoms. The lowest BCUT2D eigenvalue weighted by atomic mass is 10.0. The number of hydrogen-bond donors (Lipinski definition) is 1. The molecule has 0 spiro atoms. The maximum Gasteiger partial charge on any atom is 0.323 e. The summed E-state index contributed by atoms with van der Waals surface area (Å²) in [6.45, 7) is 5.91. The van der Waals surface area contributed by atoms with Gasteiger partial charge < -0.3 is 9.84 Å². The van der Waals surface area contributed by atoms with E-state index in [-0.39, 0.29) is 24.2 Å². The predicted octanol–water partition coefficient (Wildman–Crippen LogP) is 7.76. The van der Waals surface area contributed by atoms with E-state index >= 15 is 0 Å². The Morgan fingerprint density at radius 1 is 0.853 bits per heavy atom. The molecule has 0 radical (unpaired) electrons. The lowest BCUT2D eigenvalue weighted by Gasteiger charge is -2.39. The average Bonchev–Trinajstić information content (AvgIpc) is 2.82. The van der Waals surface area contributed by atoms with Gasteiger partial charge in [-0.1, -0.05) is 110 Å². The Bertz CT molecular complexity index is 474. The van der Waals surface area contributed by atoms with Gasteiger partial charge in [-0.15, -0.1) is 0 Å². The molecule has 1 fully saturated rings. The maximum atomic E-state index is 12.8. The molecule has 202 valence electrons. The van der Waals surface area contributed by atoms with Crippen LogP contribution in [0.2, 0.25) is 0 Å². The van der Waals surface area contributed by atoms with Crippen LogP contribution in [0, 0.1) is 0 Å². The maximum absolute atomic E-state index is 12.8. The van der Waals surface area contributed by atoms with E-state index < -0.39 is 0 Å². The normalized spacial score (nSPS) is 19.9. The van der Waals surface area contributed by atoms with Crippen molar-refractivity contribution < 1.29 is 14.6 Å². The second-order valence-corrected chi connectivity index (χ2v) is 11.5. The van der Waals surface area contributed by atoms with Crippen LogP contribution in [-0.2, 0) is 9.53 Å². The monoisotopic (exact) mass is 499 g/mol. The third-order valence-corrected chi connectivity index (χ3v) is 7.89. The molecule has 5 heteroatoms. The Kier molecular flexibility index (Phi) is 20.5. The molecule has 1 heterocycles. The fraction of sp³-hybridized carbons (Fsp3) is 0.966. The largest absolute Gasteiger partial charge is 0.460 e. The molecule has 3 unspecified atom stereocenters. The van der Waals surface area contributed by atoms with Crippen LogP contribution in [0.25, 0.3) is 0 Å². The summed E-state index contributed by atoms with van der Waals surface area (Å²) in [6.07, 6.45) is 25.0. The van der Waals surface area contributed by atoms with Crippen LogP contribution in [0.1, 0.15) is 136 Å². The number of carbonyl (C=O) groups excluding carboxylic acids is 1. The van der Waals surface area contributed by atoms with Gasteiger partial charge in [0.25, 0.3) is 0 Å². The van der Waals surface area contributed by atoms with Crippen molar-refractivity contribution in [3.8, 4) is 0 Å². The van der Waals surface area contributed by atoms with Crippen LogP contribution in [-0.4, -0.2) is 59.3 Å². The van der Waals surface area contributed by atoms with Gasteiger partial charge in [0, 0.05) is 13.1 Å². The second kappa shape index (κ2) is 22.0. The van der Waals surface area contributed by atoms with Crippen molar-refractivity contribution in [3.63, 3.8) is 0 Å².